The first-order valence-electron chi connectivity index (χ1n) is 4.91. The predicted octanol–water partition coefficient (Wildman–Crippen LogP) is 4.02. The highest BCUT2D eigenvalue weighted by molar-refractivity contribution is 8.68. The SMILES string of the molecule is CP(C)(=O)c1ccc2cc(SS)ccc2c1. The number of hydrogen-bond donors (Lipinski definition) is 1. The van der Waals surface area contributed by atoms with E-state index in [1.54, 1.807) is 13.3 Å². The summed E-state index contributed by atoms with van der Waals surface area (Å²) in [6.07, 6.45) is 0. The molecule has 0 heterocycles. The van der Waals surface area contributed by atoms with Crippen molar-refractivity contribution < 1.29 is 4.57 Å². The van der Waals surface area contributed by atoms with Crippen molar-refractivity contribution in [2.45, 2.75) is 4.90 Å². The van der Waals surface area contributed by atoms with Gasteiger partial charge in [0.25, 0.3) is 0 Å². The zero-order valence-corrected chi connectivity index (χ0v) is 11.8. The van der Waals surface area contributed by atoms with Crippen molar-refractivity contribution in [2.75, 3.05) is 13.3 Å². The Morgan fingerprint density at radius 3 is 2.31 bits per heavy atom. The maximum Gasteiger partial charge on any atom is 0.109 e. The first-order valence-corrected chi connectivity index (χ1v) is 9.38. The average molecular weight is 268 g/mol. The number of hydrogen-bond acceptors (Lipinski definition) is 3. The van der Waals surface area contributed by atoms with Gasteiger partial charge in [0, 0.05) is 10.2 Å². The number of thiol groups is 1. The van der Waals surface area contributed by atoms with Gasteiger partial charge >= 0.3 is 0 Å². The average Bonchev–Trinajstić information content (AvgIpc) is 2.26. The van der Waals surface area contributed by atoms with Gasteiger partial charge < -0.3 is 4.57 Å². The van der Waals surface area contributed by atoms with E-state index in [0.29, 0.717) is 0 Å². The lowest BCUT2D eigenvalue weighted by atomic mass is 10.1. The molecule has 0 aliphatic rings. The summed E-state index contributed by atoms with van der Waals surface area (Å²) >= 11 is 4.17. The molecule has 0 spiro atoms. The Balaban J connectivity index is 2.60. The molecular weight excluding hydrogens is 255 g/mol. The topological polar surface area (TPSA) is 17.1 Å². The minimum atomic E-state index is -2.16. The van der Waals surface area contributed by atoms with E-state index >= 15 is 0 Å². The lowest BCUT2D eigenvalue weighted by molar-refractivity contribution is 0.588. The van der Waals surface area contributed by atoms with Crippen LogP contribution in [0.4, 0.5) is 0 Å². The van der Waals surface area contributed by atoms with E-state index < -0.39 is 7.14 Å². The van der Waals surface area contributed by atoms with Gasteiger partial charge in [-0.25, -0.2) is 0 Å². The van der Waals surface area contributed by atoms with E-state index in [2.05, 4.69) is 17.7 Å². The van der Waals surface area contributed by atoms with Gasteiger partial charge in [-0.2, -0.15) is 0 Å². The van der Waals surface area contributed by atoms with Gasteiger partial charge in [-0.15, -0.1) is 11.7 Å². The maximum absolute atomic E-state index is 12.0. The van der Waals surface area contributed by atoms with Crippen molar-refractivity contribution in [1.82, 2.24) is 0 Å². The molecule has 0 aliphatic heterocycles. The molecule has 4 heteroatoms. The largest absolute Gasteiger partial charge is 0.319 e. The third-order valence-electron chi connectivity index (χ3n) is 2.52. The van der Waals surface area contributed by atoms with Crippen molar-refractivity contribution in [3.63, 3.8) is 0 Å². The van der Waals surface area contributed by atoms with Crippen molar-refractivity contribution >= 4 is 45.7 Å². The van der Waals surface area contributed by atoms with E-state index in [4.69, 9.17) is 0 Å². The summed E-state index contributed by atoms with van der Waals surface area (Å²) in [4.78, 5) is 1.12. The van der Waals surface area contributed by atoms with Gasteiger partial charge in [0.05, 0.1) is 0 Å². The first kappa shape index (κ1) is 12.1. The highest BCUT2D eigenvalue weighted by Gasteiger charge is 2.10. The standard InChI is InChI=1S/C12H13OPS2/c1-14(2,13)11-5-3-10-8-12(16-15)6-4-9(10)7-11/h3-8,15H,1-2H3. The fourth-order valence-corrected chi connectivity index (χ4v) is 3.14. The van der Waals surface area contributed by atoms with Crippen LogP contribution in [0.2, 0.25) is 0 Å². The molecule has 0 bridgehead atoms. The normalized spacial score (nSPS) is 11.9. The minimum absolute atomic E-state index is 0.936. The lowest BCUT2D eigenvalue weighted by Crippen LogP contribution is -2.01. The zero-order valence-electron chi connectivity index (χ0n) is 9.18. The second-order valence-electron chi connectivity index (χ2n) is 4.14. The van der Waals surface area contributed by atoms with Gasteiger partial charge in [-0.05, 0) is 42.3 Å². The highest BCUT2D eigenvalue weighted by atomic mass is 33.1. The fraction of sp³-hybridized carbons (Fsp3) is 0.167. The molecule has 0 unspecified atom stereocenters. The molecule has 0 aromatic heterocycles. The van der Waals surface area contributed by atoms with Crippen LogP contribution >= 0.6 is 29.6 Å². The minimum Gasteiger partial charge on any atom is -0.319 e. The third-order valence-corrected chi connectivity index (χ3v) is 5.14. The van der Waals surface area contributed by atoms with E-state index in [0.717, 1.165) is 21.0 Å². The Bertz CT molecular complexity index is 574. The summed E-state index contributed by atoms with van der Waals surface area (Å²) in [7, 11) is -0.728. The summed E-state index contributed by atoms with van der Waals surface area (Å²) < 4.78 is 12.0. The van der Waals surface area contributed by atoms with E-state index in [1.165, 1.54) is 10.8 Å². The summed E-state index contributed by atoms with van der Waals surface area (Å²) in [5, 5.41) is 3.23. The predicted molar refractivity (Wildman–Crippen MR) is 77.9 cm³/mol. The van der Waals surface area contributed by atoms with Crippen LogP contribution in [0, 0.1) is 0 Å². The van der Waals surface area contributed by atoms with Crippen LogP contribution in [-0.2, 0) is 4.57 Å². The van der Waals surface area contributed by atoms with Crippen molar-refractivity contribution in [1.29, 1.82) is 0 Å². The van der Waals surface area contributed by atoms with Gasteiger partial charge in [-0.3, -0.25) is 0 Å². The molecule has 1 nitrogen and oxygen atoms in total. The molecule has 0 saturated heterocycles. The summed E-state index contributed by atoms with van der Waals surface area (Å²) in [6.45, 7) is 3.60. The van der Waals surface area contributed by atoms with Crippen LogP contribution in [0.3, 0.4) is 0 Å². The van der Waals surface area contributed by atoms with Gasteiger partial charge in [-0.1, -0.05) is 29.0 Å². The molecule has 0 atom stereocenters. The van der Waals surface area contributed by atoms with Crippen LogP contribution < -0.4 is 5.30 Å². The molecule has 0 amide bonds. The second kappa shape index (κ2) is 4.48. The van der Waals surface area contributed by atoms with Gasteiger partial charge in [0.1, 0.15) is 7.14 Å². The Morgan fingerprint density at radius 2 is 1.69 bits per heavy atom. The van der Waals surface area contributed by atoms with Crippen molar-refractivity contribution in [2.24, 2.45) is 0 Å². The Kier molecular flexibility index (Phi) is 3.39. The Hall–Kier alpha value is -0.370. The second-order valence-corrected chi connectivity index (χ2v) is 8.56. The molecule has 2 aromatic rings. The van der Waals surface area contributed by atoms with Crippen molar-refractivity contribution in [3.05, 3.63) is 36.4 Å². The molecule has 16 heavy (non-hydrogen) atoms. The van der Waals surface area contributed by atoms with Crippen LogP contribution in [0.25, 0.3) is 10.8 Å². The molecule has 0 fully saturated rings. The molecule has 0 N–H and O–H groups in total. The molecule has 0 aliphatic carbocycles. The zero-order chi connectivity index (χ0) is 11.8. The quantitative estimate of drug-likeness (QED) is 0.503. The smallest absolute Gasteiger partial charge is 0.109 e. The van der Waals surface area contributed by atoms with Crippen LogP contribution in [0.1, 0.15) is 0 Å². The summed E-state index contributed by atoms with van der Waals surface area (Å²) in [5.74, 6) is 0. The Labute approximate surface area is 105 Å². The van der Waals surface area contributed by atoms with Crippen LogP contribution in [-0.4, -0.2) is 13.3 Å². The molecular formula is C12H13OPS2. The number of rotatable bonds is 2. The summed E-state index contributed by atoms with van der Waals surface area (Å²) in [5.41, 5.74) is 0. The fourth-order valence-electron chi connectivity index (χ4n) is 1.60. The highest BCUT2D eigenvalue weighted by Crippen LogP contribution is 2.35. The molecule has 0 saturated carbocycles. The lowest BCUT2D eigenvalue weighted by Gasteiger charge is -2.08. The monoisotopic (exact) mass is 268 g/mol. The number of fused-ring (bicyclic) bond motifs is 1. The van der Waals surface area contributed by atoms with E-state index in [-0.39, 0.29) is 0 Å². The van der Waals surface area contributed by atoms with Crippen molar-refractivity contribution in [3.8, 4) is 0 Å². The molecule has 0 radical (unpaired) electrons. The molecule has 84 valence electrons. The maximum atomic E-state index is 12.0. The molecule has 2 aromatic carbocycles. The first-order chi connectivity index (χ1) is 7.50. The van der Waals surface area contributed by atoms with Gasteiger partial charge in [0.2, 0.25) is 0 Å². The number of benzene rings is 2. The Morgan fingerprint density at radius 1 is 1.06 bits per heavy atom. The van der Waals surface area contributed by atoms with E-state index in [1.807, 2.05) is 30.3 Å². The van der Waals surface area contributed by atoms with E-state index in [9.17, 15) is 4.57 Å². The van der Waals surface area contributed by atoms with Crippen LogP contribution in [0.15, 0.2) is 41.3 Å². The van der Waals surface area contributed by atoms with Crippen LogP contribution in [0.5, 0.6) is 0 Å². The molecule has 2 rings (SSSR count). The van der Waals surface area contributed by atoms with Gasteiger partial charge in [0.15, 0.2) is 0 Å². The third kappa shape index (κ3) is 2.48. The summed E-state index contributed by atoms with van der Waals surface area (Å²) in [6, 6.07) is 12.2.